The normalized spacial score (nSPS) is 21.1. The highest BCUT2D eigenvalue weighted by atomic mass is 32.1. The molecule has 14 heavy (non-hydrogen) atoms. The number of hydrogen-bond acceptors (Lipinski definition) is 3. The van der Waals surface area contributed by atoms with Crippen molar-refractivity contribution in [1.82, 2.24) is 5.32 Å². The molecule has 1 saturated heterocycles. The summed E-state index contributed by atoms with van der Waals surface area (Å²) in [6.45, 7) is 0. The Hall–Kier alpha value is -1.55. The Bertz CT molecular complexity index is 413. The van der Waals surface area contributed by atoms with Gasteiger partial charge in [-0.3, -0.25) is 14.9 Å². The fraction of sp³-hybridized carbons (Fsp3) is 0.100. The van der Waals surface area contributed by atoms with Crippen LogP contribution < -0.4 is 5.32 Å². The molecule has 0 radical (unpaired) electrons. The number of thiocarbonyl (C=S) groups is 1. The number of carbonyl (C=O) groups excluding carboxylic acids is 2. The van der Waals surface area contributed by atoms with Crippen molar-refractivity contribution in [3.05, 3.63) is 35.9 Å². The fourth-order valence-corrected chi connectivity index (χ4v) is 1.74. The highest BCUT2D eigenvalue weighted by molar-refractivity contribution is 7.82. The molecular formula is C10H7NO2S. The van der Waals surface area contributed by atoms with Gasteiger partial charge in [0, 0.05) is 0 Å². The number of imide groups is 1. The Morgan fingerprint density at radius 3 is 2.29 bits per heavy atom. The van der Waals surface area contributed by atoms with Crippen LogP contribution in [0.4, 0.5) is 0 Å². The number of carbonyl (C=O) groups is 2. The van der Waals surface area contributed by atoms with Crippen molar-refractivity contribution in [3.63, 3.8) is 0 Å². The van der Waals surface area contributed by atoms with Gasteiger partial charge >= 0.3 is 0 Å². The Balaban J connectivity index is 2.41. The molecule has 0 spiro atoms. The van der Waals surface area contributed by atoms with E-state index in [1.165, 1.54) is 0 Å². The Kier molecular flexibility index (Phi) is 2.13. The third-order valence-electron chi connectivity index (χ3n) is 2.12. The smallest absolute Gasteiger partial charge is 0.265 e. The second kappa shape index (κ2) is 3.31. The zero-order valence-electron chi connectivity index (χ0n) is 7.19. The van der Waals surface area contributed by atoms with Gasteiger partial charge in [-0.1, -0.05) is 42.5 Å². The van der Waals surface area contributed by atoms with Gasteiger partial charge < -0.3 is 0 Å². The molecular weight excluding hydrogens is 198 g/mol. The zero-order chi connectivity index (χ0) is 10.1. The molecule has 2 amide bonds. The van der Waals surface area contributed by atoms with Crippen molar-refractivity contribution in [3.8, 4) is 0 Å². The van der Waals surface area contributed by atoms with Gasteiger partial charge in [0.1, 0.15) is 5.92 Å². The maximum absolute atomic E-state index is 11.4. The van der Waals surface area contributed by atoms with E-state index in [0.717, 1.165) is 5.56 Å². The molecule has 0 aromatic heterocycles. The van der Waals surface area contributed by atoms with Gasteiger partial charge in [-0.2, -0.15) is 0 Å². The van der Waals surface area contributed by atoms with Crippen LogP contribution in [0.5, 0.6) is 0 Å². The number of nitrogens with one attached hydrogen (secondary N) is 1. The average Bonchev–Trinajstić information content (AvgIpc) is 2.43. The molecule has 0 bridgehead atoms. The molecule has 1 aliphatic rings. The molecule has 1 aromatic rings. The van der Waals surface area contributed by atoms with Gasteiger partial charge in [0.2, 0.25) is 5.91 Å². The van der Waals surface area contributed by atoms with Crippen molar-refractivity contribution in [2.75, 3.05) is 0 Å². The van der Waals surface area contributed by atoms with Crippen LogP contribution in [-0.4, -0.2) is 16.7 Å². The lowest BCUT2D eigenvalue weighted by Crippen LogP contribution is -2.21. The third-order valence-corrected chi connectivity index (χ3v) is 2.54. The molecule has 1 heterocycles. The van der Waals surface area contributed by atoms with Crippen LogP contribution in [0.3, 0.4) is 0 Å². The standard InChI is InChI=1S/C10H7NO2S/c12-9-7(8(14)10(13)11-9)6-4-2-1-3-5-6/h1-5,7H,(H,11,12,13). The molecule has 1 unspecified atom stereocenters. The number of amides is 2. The molecule has 1 aliphatic heterocycles. The molecule has 1 fully saturated rings. The third kappa shape index (κ3) is 1.33. The predicted molar refractivity (Wildman–Crippen MR) is 54.9 cm³/mol. The molecule has 70 valence electrons. The highest BCUT2D eigenvalue weighted by Crippen LogP contribution is 2.21. The Morgan fingerprint density at radius 2 is 1.79 bits per heavy atom. The fourth-order valence-electron chi connectivity index (χ4n) is 1.44. The van der Waals surface area contributed by atoms with Crippen molar-refractivity contribution >= 4 is 28.9 Å². The molecule has 0 aliphatic carbocycles. The van der Waals surface area contributed by atoms with Crippen LogP contribution in [0, 0.1) is 0 Å². The van der Waals surface area contributed by atoms with Crippen LogP contribution in [0.25, 0.3) is 0 Å². The molecule has 4 heteroatoms. The first kappa shape index (κ1) is 9.02. The SMILES string of the molecule is O=C1NC(=O)C(c2ccccc2)C1=S. The monoisotopic (exact) mass is 205 g/mol. The summed E-state index contributed by atoms with van der Waals surface area (Å²) in [5.41, 5.74) is 0.765. The van der Waals surface area contributed by atoms with Crippen molar-refractivity contribution in [2.45, 2.75) is 5.92 Å². The largest absolute Gasteiger partial charge is 0.291 e. The molecule has 1 aromatic carbocycles. The van der Waals surface area contributed by atoms with Gasteiger partial charge in [0.25, 0.3) is 5.91 Å². The first-order valence-corrected chi connectivity index (χ1v) is 4.55. The van der Waals surface area contributed by atoms with E-state index < -0.39 is 11.8 Å². The molecule has 1 N–H and O–H groups in total. The minimum absolute atomic E-state index is 0.154. The van der Waals surface area contributed by atoms with E-state index in [0.29, 0.717) is 0 Å². The summed E-state index contributed by atoms with van der Waals surface area (Å²) in [6.07, 6.45) is 0. The lowest BCUT2D eigenvalue weighted by Gasteiger charge is -2.04. The number of hydrogen-bond donors (Lipinski definition) is 1. The summed E-state index contributed by atoms with van der Waals surface area (Å²) < 4.78 is 0. The molecule has 1 atom stereocenters. The van der Waals surface area contributed by atoms with Gasteiger partial charge in [-0.05, 0) is 5.56 Å². The first-order chi connectivity index (χ1) is 6.70. The minimum atomic E-state index is -0.585. The van der Waals surface area contributed by atoms with Crippen molar-refractivity contribution in [1.29, 1.82) is 0 Å². The lowest BCUT2D eigenvalue weighted by molar-refractivity contribution is -0.124. The number of rotatable bonds is 1. The predicted octanol–water partition coefficient (Wildman–Crippen LogP) is 0.796. The van der Waals surface area contributed by atoms with Crippen LogP contribution in [0.1, 0.15) is 11.5 Å². The Labute approximate surface area is 86.1 Å². The lowest BCUT2D eigenvalue weighted by atomic mass is 9.98. The summed E-state index contributed by atoms with van der Waals surface area (Å²) in [6, 6.07) is 9.05. The molecule has 2 rings (SSSR count). The van der Waals surface area contributed by atoms with Gasteiger partial charge in [-0.25, -0.2) is 0 Å². The van der Waals surface area contributed by atoms with Crippen LogP contribution in [0.2, 0.25) is 0 Å². The summed E-state index contributed by atoms with van der Waals surface area (Å²) in [7, 11) is 0. The van der Waals surface area contributed by atoms with E-state index in [1.54, 1.807) is 12.1 Å². The van der Waals surface area contributed by atoms with Crippen molar-refractivity contribution in [2.24, 2.45) is 0 Å². The topological polar surface area (TPSA) is 46.2 Å². The van der Waals surface area contributed by atoms with E-state index in [9.17, 15) is 9.59 Å². The summed E-state index contributed by atoms with van der Waals surface area (Å²) in [5, 5.41) is 2.20. The summed E-state index contributed by atoms with van der Waals surface area (Å²) in [5.74, 6) is -1.36. The van der Waals surface area contributed by atoms with E-state index in [2.05, 4.69) is 5.32 Å². The maximum Gasteiger partial charge on any atom is 0.265 e. The summed E-state index contributed by atoms with van der Waals surface area (Å²) >= 11 is 4.89. The van der Waals surface area contributed by atoms with Crippen LogP contribution in [-0.2, 0) is 9.59 Å². The first-order valence-electron chi connectivity index (χ1n) is 4.14. The second-order valence-corrected chi connectivity index (χ2v) is 3.47. The molecule has 3 nitrogen and oxygen atoms in total. The Morgan fingerprint density at radius 1 is 1.14 bits per heavy atom. The van der Waals surface area contributed by atoms with Gasteiger partial charge in [0.15, 0.2) is 0 Å². The van der Waals surface area contributed by atoms with Crippen molar-refractivity contribution < 1.29 is 9.59 Å². The van der Waals surface area contributed by atoms with E-state index in [1.807, 2.05) is 18.2 Å². The van der Waals surface area contributed by atoms with Crippen LogP contribution in [0.15, 0.2) is 30.3 Å². The maximum atomic E-state index is 11.4. The minimum Gasteiger partial charge on any atom is -0.291 e. The van der Waals surface area contributed by atoms with E-state index in [4.69, 9.17) is 12.2 Å². The van der Waals surface area contributed by atoms with E-state index in [-0.39, 0.29) is 10.8 Å². The number of benzene rings is 1. The molecule has 0 saturated carbocycles. The van der Waals surface area contributed by atoms with Gasteiger partial charge in [-0.15, -0.1) is 0 Å². The zero-order valence-corrected chi connectivity index (χ0v) is 8.01. The van der Waals surface area contributed by atoms with Crippen LogP contribution >= 0.6 is 12.2 Å². The quantitative estimate of drug-likeness (QED) is 0.545. The highest BCUT2D eigenvalue weighted by Gasteiger charge is 2.37. The second-order valence-electron chi connectivity index (χ2n) is 3.03. The van der Waals surface area contributed by atoms with E-state index >= 15 is 0 Å². The summed E-state index contributed by atoms with van der Waals surface area (Å²) in [4.78, 5) is 22.6. The average molecular weight is 205 g/mol. The van der Waals surface area contributed by atoms with Gasteiger partial charge in [0.05, 0.1) is 4.86 Å².